The number of nitrogens with zero attached hydrogens (tertiary/aromatic N) is 2. The molecule has 0 fully saturated rings. The van der Waals surface area contributed by atoms with Gasteiger partial charge in [0.15, 0.2) is 4.96 Å². The van der Waals surface area contributed by atoms with E-state index in [1.807, 2.05) is 24.3 Å². The molecule has 4 heteroatoms. The number of imidazole rings is 1. The van der Waals surface area contributed by atoms with E-state index in [-0.39, 0.29) is 5.56 Å². The van der Waals surface area contributed by atoms with Gasteiger partial charge in [-0.1, -0.05) is 41.2 Å². The Bertz CT molecular complexity index is 1150. The molecule has 114 valence electrons. The molecular weight excluding hydrogens is 304 g/mol. The summed E-state index contributed by atoms with van der Waals surface area (Å²) in [6, 6.07) is 12.3. The summed E-state index contributed by atoms with van der Waals surface area (Å²) in [5.41, 5.74) is 6.41. The Morgan fingerprint density at radius 3 is 2.48 bits per heavy atom. The molecule has 2 aromatic carbocycles. The van der Waals surface area contributed by atoms with E-state index in [4.69, 9.17) is 0 Å². The fourth-order valence-electron chi connectivity index (χ4n) is 2.73. The summed E-state index contributed by atoms with van der Waals surface area (Å²) in [5, 5.41) is 0. The zero-order valence-corrected chi connectivity index (χ0v) is 14.1. The van der Waals surface area contributed by atoms with Gasteiger partial charge in [-0.15, -0.1) is 0 Å². The molecule has 0 saturated heterocycles. The van der Waals surface area contributed by atoms with Gasteiger partial charge in [0.2, 0.25) is 0 Å². The maximum Gasteiger partial charge on any atom is 0.274 e. The van der Waals surface area contributed by atoms with E-state index in [9.17, 15) is 4.79 Å². The molecule has 3 nitrogen and oxygen atoms in total. The first-order chi connectivity index (χ1) is 11.0. The van der Waals surface area contributed by atoms with Gasteiger partial charge in [-0.2, -0.15) is 0 Å². The molecule has 0 radical (unpaired) electrons. The van der Waals surface area contributed by atoms with Crippen LogP contribution in [0.2, 0.25) is 0 Å². The number of benzene rings is 2. The Kier molecular flexibility index (Phi) is 3.10. The third kappa shape index (κ3) is 2.26. The molecule has 4 aromatic rings. The maximum atomic E-state index is 12.8. The summed E-state index contributed by atoms with van der Waals surface area (Å²) >= 11 is 1.44. The Morgan fingerprint density at radius 2 is 1.74 bits per heavy atom. The fraction of sp³-hybridized carbons (Fsp3) is 0.158. The molecule has 0 unspecified atom stereocenters. The minimum Gasteiger partial charge on any atom is -0.267 e. The Balaban J connectivity index is 2.00. The highest BCUT2D eigenvalue weighted by molar-refractivity contribution is 7.15. The van der Waals surface area contributed by atoms with Crippen LogP contribution in [0.4, 0.5) is 0 Å². The van der Waals surface area contributed by atoms with Gasteiger partial charge in [-0.05, 0) is 55.7 Å². The molecule has 0 aliphatic rings. The van der Waals surface area contributed by atoms with Crippen LogP contribution in [-0.2, 0) is 0 Å². The number of thiazole rings is 1. The van der Waals surface area contributed by atoms with Gasteiger partial charge >= 0.3 is 0 Å². The molecule has 0 spiro atoms. The number of aromatic nitrogens is 2. The Hall–Kier alpha value is -2.46. The molecule has 0 amide bonds. The van der Waals surface area contributed by atoms with E-state index >= 15 is 0 Å². The van der Waals surface area contributed by atoms with E-state index < -0.39 is 0 Å². The second-order valence-electron chi connectivity index (χ2n) is 5.98. The van der Waals surface area contributed by atoms with Crippen LogP contribution >= 0.6 is 11.3 Å². The molecule has 0 aliphatic heterocycles. The molecule has 0 aliphatic carbocycles. The second kappa shape index (κ2) is 5.03. The van der Waals surface area contributed by atoms with Crippen LogP contribution in [0.25, 0.3) is 22.1 Å². The van der Waals surface area contributed by atoms with Crippen molar-refractivity contribution in [2.45, 2.75) is 20.8 Å². The first-order valence-electron chi connectivity index (χ1n) is 7.53. The molecule has 0 atom stereocenters. The van der Waals surface area contributed by atoms with Crippen molar-refractivity contribution < 1.29 is 0 Å². The van der Waals surface area contributed by atoms with Crippen molar-refractivity contribution in [3.05, 3.63) is 73.5 Å². The van der Waals surface area contributed by atoms with E-state index in [1.54, 1.807) is 4.40 Å². The lowest BCUT2D eigenvalue weighted by Gasteiger charge is -1.98. The van der Waals surface area contributed by atoms with Crippen molar-refractivity contribution in [3.63, 3.8) is 0 Å². The van der Waals surface area contributed by atoms with E-state index in [0.29, 0.717) is 0 Å². The van der Waals surface area contributed by atoms with Crippen LogP contribution in [0.15, 0.2) is 41.2 Å². The van der Waals surface area contributed by atoms with Gasteiger partial charge in [0.1, 0.15) is 0 Å². The summed E-state index contributed by atoms with van der Waals surface area (Å²) in [7, 11) is 0. The highest BCUT2D eigenvalue weighted by Gasteiger charge is 2.12. The van der Waals surface area contributed by atoms with E-state index in [1.165, 1.54) is 28.0 Å². The van der Waals surface area contributed by atoms with Crippen molar-refractivity contribution in [2.75, 3.05) is 0 Å². The smallest absolute Gasteiger partial charge is 0.267 e. The summed E-state index contributed by atoms with van der Waals surface area (Å²) in [5.74, 6) is 0. The fourth-order valence-corrected chi connectivity index (χ4v) is 3.72. The van der Waals surface area contributed by atoms with Crippen LogP contribution in [0.1, 0.15) is 22.3 Å². The van der Waals surface area contributed by atoms with Gasteiger partial charge in [-0.25, -0.2) is 9.38 Å². The van der Waals surface area contributed by atoms with Gasteiger partial charge in [-0.3, -0.25) is 4.79 Å². The van der Waals surface area contributed by atoms with Gasteiger partial charge in [0.05, 0.1) is 15.6 Å². The second-order valence-corrected chi connectivity index (χ2v) is 6.99. The lowest BCUT2D eigenvalue weighted by molar-refractivity contribution is 1.18. The zero-order chi connectivity index (χ0) is 16.1. The maximum absolute atomic E-state index is 12.8. The number of hydrogen-bond donors (Lipinski definition) is 0. The highest BCUT2D eigenvalue weighted by Crippen LogP contribution is 2.20. The molecule has 23 heavy (non-hydrogen) atoms. The van der Waals surface area contributed by atoms with Crippen LogP contribution in [0.5, 0.6) is 0 Å². The standard InChI is InChI=1S/C19H16N2OS/c1-11-4-6-14(7-5-11)10-17-18(22)21-16-9-13(3)12(2)8-15(16)20-19(21)23-17/h4-10H,1-3H3/b17-10+. The minimum absolute atomic E-state index is 0.0105. The Labute approximate surface area is 137 Å². The molecule has 0 bridgehead atoms. The number of fused-ring (bicyclic) bond motifs is 3. The van der Waals surface area contributed by atoms with Crippen LogP contribution in [0.3, 0.4) is 0 Å². The van der Waals surface area contributed by atoms with E-state index in [0.717, 1.165) is 26.1 Å². The third-order valence-electron chi connectivity index (χ3n) is 4.23. The van der Waals surface area contributed by atoms with E-state index in [2.05, 4.69) is 44.0 Å². The summed E-state index contributed by atoms with van der Waals surface area (Å²) in [6.07, 6.45) is 1.94. The van der Waals surface area contributed by atoms with Crippen molar-refractivity contribution in [2.24, 2.45) is 0 Å². The summed E-state index contributed by atoms with van der Waals surface area (Å²) in [4.78, 5) is 18.1. The Morgan fingerprint density at radius 1 is 1.04 bits per heavy atom. The summed E-state index contributed by atoms with van der Waals surface area (Å²) in [6.45, 7) is 6.18. The molecule has 2 heterocycles. The van der Waals surface area contributed by atoms with Crippen molar-refractivity contribution in [3.8, 4) is 0 Å². The van der Waals surface area contributed by atoms with Crippen molar-refractivity contribution in [1.82, 2.24) is 9.38 Å². The molecule has 0 saturated carbocycles. The van der Waals surface area contributed by atoms with Gasteiger partial charge in [0, 0.05) is 0 Å². The number of hydrogen-bond acceptors (Lipinski definition) is 3. The predicted molar refractivity (Wildman–Crippen MR) is 96.3 cm³/mol. The lowest BCUT2D eigenvalue weighted by atomic mass is 10.1. The average Bonchev–Trinajstić information content (AvgIpc) is 3.00. The number of aryl methyl sites for hydroxylation is 3. The first kappa shape index (κ1) is 14.2. The molecule has 2 aromatic heterocycles. The highest BCUT2D eigenvalue weighted by atomic mass is 32.1. The van der Waals surface area contributed by atoms with Gasteiger partial charge in [0.25, 0.3) is 5.56 Å². The van der Waals surface area contributed by atoms with Crippen molar-refractivity contribution >= 4 is 33.4 Å². The van der Waals surface area contributed by atoms with Crippen LogP contribution in [0, 0.1) is 20.8 Å². The molecule has 4 rings (SSSR count). The minimum atomic E-state index is 0.0105. The zero-order valence-electron chi connectivity index (χ0n) is 13.3. The third-order valence-corrected chi connectivity index (χ3v) is 5.20. The van der Waals surface area contributed by atoms with Crippen LogP contribution < -0.4 is 10.1 Å². The molecular formula is C19H16N2OS. The normalized spacial score (nSPS) is 12.6. The van der Waals surface area contributed by atoms with Crippen molar-refractivity contribution in [1.29, 1.82) is 0 Å². The topological polar surface area (TPSA) is 34.4 Å². The predicted octanol–water partition coefficient (Wildman–Crippen LogP) is 3.38. The summed E-state index contributed by atoms with van der Waals surface area (Å²) < 4.78 is 2.45. The SMILES string of the molecule is Cc1ccc(/C=c2/sc3nc4cc(C)c(C)cc4n3c2=O)cc1. The quantitative estimate of drug-likeness (QED) is 0.539. The number of rotatable bonds is 1. The first-order valence-corrected chi connectivity index (χ1v) is 8.35. The largest absolute Gasteiger partial charge is 0.274 e. The average molecular weight is 320 g/mol. The molecule has 0 N–H and O–H groups in total. The van der Waals surface area contributed by atoms with Crippen LogP contribution in [-0.4, -0.2) is 9.38 Å². The van der Waals surface area contributed by atoms with Gasteiger partial charge < -0.3 is 0 Å². The lowest BCUT2D eigenvalue weighted by Crippen LogP contribution is -2.22. The monoisotopic (exact) mass is 320 g/mol.